The number of carbonyl (C=O) groups excluding carboxylic acids is 1. The molecule has 0 radical (unpaired) electrons. The van der Waals surface area contributed by atoms with Gasteiger partial charge >= 0.3 is 0 Å². The van der Waals surface area contributed by atoms with Crippen LogP contribution in [-0.2, 0) is 16.1 Å². The van der Waals surface area contributed by atoms with Crippen molar-refractivity contribution in [3.63, 3.8) is 0 Å². The van der Waals surface area contributed by atoms with E-state index in [1.807, 2.05) is 12.1 Å². The van der Waals surface area contributed by atoms with Crippen molar-refractivity contribution in [2.45, 2.75) is 39.2 Å². The van der Waals surface area contributed by atoms with Crippen LogP contribution in [0.5, 0.6) is 5.88 Å². The Hall–Kier alpha value is -1.88. The van der Waals surface area contributed by atoms with Gasteiger partial charge in [-0.25, -0.2) is 4.98 Å². The zero-order valence-electron chi connectivity index (χ0n) is 14.0. The Morgan fingerprint density at radius 1 is 1.39 bits per heavy atom. The molecule has 5 nitrogen and oxygen atoms in total. The number of aromatic nitrogens is 1. The highest BCUT2D eigenvalue weighted by Gasteiger charge is 2.13. The number of pyridine rings is 1. The van der Waals surface area contributed by atoms with Crippen LogP contribution in [0.3, 0.4) is 0 Å². The topological polar surface area (TPSA) is 60.5 Å². The first-order chi connectivity index (χ1) is 11.2. The number of amides is 1. The molecule has 1 saturated carbocycles. The number of allylic oxidation sites excluding steroid dienone is 1. The summed E-state index contributed by atoms with van der Waals surface area (Å²) in [5, 5.41) is 2.92. The average molecular weight is 318 g/mol. The van der Waals surface area contributed by atoms with Gasteiger partial charge in [0.2, 0.25) is 11.8 Å². The highest BCUT2D eigenvalue weighted by atomic mass is 16.5. The molecule has 23 heavy (non-hydrogen) atoms. The van der Waals surface area contributed by atoms with Gasteiger partial charge in [-0.3, -0.25) is 4.79 Å². The van der Waals surface area contributed by atoms with E-state index in [2.05, 4.69) is 17.2 Å². The first-order valence-corrected chi connectivity index (χ1v) is 8.22. The van der Waals surface area contributed by atoms with Crippen molar-refractivity contribution in [1.82, 2.24) is 10.3 Å². The lowest BCUT2D eigenvalue weighted by molar-refractivity contribution is -0.116. The molecule has 1 aliphatic carbocycles. The molecule has 2 rings (SSSR count). The molecule has 126 valence electrons. The van der Waals surface area contributed by atoms with Crippen molar-refractivity contribution in [3.8, 4) is 5.88 Å². The van der Waals surface area contributed by atoms with Crippen molar-refractivity contribution < 1.29 is 14.3 Å². The van der Waals surface area contributed by atoms with Crippen LogP contribution < -0.4 is 10.1 Å². The highest BCUT2D eigenvalue weighted by molar-refractivity contribution is 5.88. The first-order valence-electron chi connectivity index (χ1n) is 8.22. The molecule has 1 aromatic rings. The molecule has 0 saturated heterocycles. The molecule has 1 heterocycles. The van der Waals surface area contributed by atoms with Crippen LogP contribution in [0.15, 0.2) is 30.0 Å². The molecule has 1 fully saturated rings. The van der Waals surface area contributed by atoms with Gasteiger partial charge in [0.25, 0.3) is 0 Å². The van der Waals surface area contributed by atoms with Gasteiger partial charge in [0, 0.05) is 31.5 Å². The van der Waals surface area contributed by atoms with Gasteiger partial charge in [0.15, 0.2) is 0 Å². The average Bonchev–Trinajstić information content (AvgIpc) is 2.56. The number of nitrogens with one attached hydrogen (secondary N) is 1. The van der Waals surface area contributed by atoms with Crippen LogP contribution in [0.4, 0.5) is 0 Å². The van der Waals surface area contributed by atoms with Gasteiger partial charge in [0.1, 0.15) is 6.61 Å². The van der Waals surface area contributed by atoms with Crippen molar-refractivity contribution in [1.29, 1.82) is 0 Å². The molecule has 1 aliphatic rings. The maximum Gasteiger partial charge on any atom is 0.244 e. The molecule has 0 bridgehead atoms. The summed E-state index contributed by atoms with van der Waals surface area (Å²) >= 11 is 0. The van der Waals surface area contributed by atoms with Crippen LogP contribution >= 0.6 is 0 Å². The number of methoxy groups -OCH3 is 1. The van der Waals surface area contributed by atoms with E-state index in [-0.39, 0.29) is 5.91 Å². The number of hydrogen-bond donors (Lipinski definition) is 1. The van der Waals surface area contributed by atoms with Crippen molar-refractivity contribution >= 4 is 5.91 Å². The summed E-state index contributed by atoms with van der Waals surface area (Å²) in [6.07, 6.45) is 7.87. The van der Waals surface area contributed by atoms with Crippen LogP contribution in [0, 0.1) is 5.92 Å². The fourth-order valence-corrected chi connectivity index (χ4v) is 2.61. The molecule has 0 unspecified atom stereocenters. The standard InChI is InChI=1S/C18H26N2O3/c1-14-5-7-15(8-6-14)12-17(21)20-13-16-4-3-9-19-18(16)23-11-10-22-2/h3-4,9,12,14H,5-8,10-11,13H2,1-2H3,(H,20,21). The van der Waals surface area contributed by atoms with Crippen LogP contribution in [0.1, 0.15) is 38.2 Å². The minimum absolute atomic E-state index is 0.0405. The van der Waals surface area contributed by atoms with Crippen LogP contribution in [-0.4, -0.2) is 31.2 Å². The molecule has 5 heteroatoms. The Bertz CT molecular complexity index is 533. The van der Waals surface area contributed by atoms with E-state index < -0.39 is 0 Å². The van der Waals surface area contributed by atoms with E-state index in [1.165, 1.54) is 18.4 Å². The normalized spacial score (nSPS) is 17.7. The van der Waals surface area contributed by atoms with Gasteiger partial charge in [0.05, 0.1) is 6.61 Å². The van der Waals surface area contributed by atoms with Crippen molar-refractivity contribution in [3.05, 3.63) is 35.5 Å². The van der Waals surface area contributed by atoms with Crippen molar-refractivity contribution in [2.75, 3.05) is 20.3 Å². The fraction of sp³-hybridized carbons (Fsp3) is 0.556. The van der Waals surface area contributed by atoms with Crippen LogP contribution in [0.25, 0.3) is 0 Å². The number of ether oxygens (including phenoxy) is 2. The van der Waals surface area contributed by atoms with E-state index >= 15 is 0 Å². The number of nitrogens with zero attached hydrogens (tertiary/aromatic N) is 1. The molecule has 0 aromatic carbocycles. The quantitative estimate of drug-likeness (QED) is 0.620. The largest absolute Gasteiger partial charge is 0.475 e. The van der Waals surface area contributed by atoms with E-state index in [0.717, 1.165) is 24.3 Å². The van der Waals surface area contributed by atoms with Crippen LogP contribution in [0.2, 0.25) is 0 Å². The monoisotopic (exact) mass is 318 g/mol. The Morgan fingerprint density at radius 2 is 2.17 bits per heavy atom. The Morgan fingerprint density at radius 3 is 2.91 bits per heavy atom. The smallest absolute Gasteiger partial charge is 0.244 e. The Labute approximate surface area is 138 Å². The summed E-state index contributed by atoms with van der Waals surface area (Å²) < 4.78 is 10.5. The summed E-state index contributed by atoms with van der Waals surface area (Å²) in [5.41, 5.74) is 2.12. The summed E-state index contributed by atoms with van der Waals surface area (Å²) in [7, 11) is 1.63. The number of carbonyl (C=O) groups is 1. The third-order valence-corrected chi connectivity index (χ3v) is 4.08. The van der Waals surface area contributed by atoms with E-state index in [9.17, 15) is 4.79 Å². The fourth-order valence-electron chi connectivity index (χ4n) is 2.61. The van der Waals surface area contributed by atoms with Gasteiger partial charge in [-0.2, -0.15) is 0 Å². The lowest BCUT2D eigenvalue weighted by Crippen LogP contribution is -2.22. The van der Waals surface area contributed by atoms with Gasteiger partial charge in [-0.1, -0.05) is 18.6 Å². The van der Waals surface area contributed by atoms with E-state index in [1.54, 1.807) is 19.4 Å². The van der Waals surface area contributed by atoms with Gasteiger partial charge in [-0.15, -0.1) is 0 Å². The van der Waals surface area contributed by atoms with E-state index in [4.69, 9.17) is 9.47 Å². The Kier molecular flexibility index (Phi) is 7.07. The molecule has 1 amide bonds. The summed E-state index contributed by atoms with van der Waals surface area (Å²) in [6, 6.07) is 3.75. The second-order valence-corrected chi connectivity index (χ2v) is 6.01. The molecular formula is C18H26N2O3. The maximum absolute atomic E-state index is 12.1. The molecule has 0 atom stereocenters. The maximum atomic E-state index is 12.1. The first kappa shape index (κ1) is 17.5. The highest BCUT2D eigenvalue weighted by Crippen LogP contribution is 2.27. The second kappa shape index (κ2) is 9.30. The third kappa shape index (κ3) is 6.02. The lowest BCUT2D eigenvalue weighted by Gasteiger charge is -2.19. The SMILES string of the molecule is COCCOc1ncccc1CNC(=O)C=C1CCC(C)CC1. The predicted octanol–water partition coefficient (Wildman–Crippen LogP) is 2.86. The molecule has 1 aromatic heterocycles. The number of rotatable bonds is 7. The molecule has 0 spiro atoms. The second-order valence-electron chi connectivity index (χ2n) is 6.01. The Balaban J connectivity index is 1.85. The lowest BCUT2D eigenvalue weighted by atomic mass is 9.87. The minimum atomic E-state index is -0.0405. The summed E-state index contributed by atoms with van der Waals surface area (Å²) in [6.45, 7) is 3.63. The molecular weight excluding hydrogens is 292 g/mol. The minimum Gasteiger partial charge on any atom is -0.475 e. The van der Waals surface area contributed by atoms with E-state index in [0.29, 0.717) is 25.6 Å². The predicted molar refractivity (Wildman–Crippen MR) is 89.2 cm³/mol. The summed E-state index contributed by atoms with van der Waals surface area (Å²) in [4.78, 5) is 16.3. The molecule has 0 aliphatic heterocycles. The zero-order valence-corrected chi connectivity index (χ0v) is 14.0. The van der Waals surface area contributed by atoms with Gasteiger partial charge in [-0.05, 0) is 37.7 Å². The van der Waals surface area contributed by atoms with Gasteiger partial charge < -0.3 is 14.8 Å². The summed E-state index contributed by atoms with van der Waals surface area (Å²) in [5.74, 6) is 1.28. The third-order valence-electron chi connectivity index (χ3n) is 4.08. The number of hydrogen-bond acceptors (Lipinski definition) is 4. The zero-order chi connectivity index (χ0) is 16.5. The van der Waals surface area contributed by atoms with Crippen molar-refractivity contribution in [2.24, 2.45) is 5.92 Å². The molecule has 1 N–H and O–H groups in total.